The van der Waals surface area contributed by atoms with E-state index in [4.69, 9.17) is 4.74 Å². The zero-order valence-corrected chi connectivity index (χ0v) is 13.9. The van der Waals surface area contributed by atoms with Crippen LogP contribution in [-0.4, -0.2) is 45.1 Å². The lowest BCUT2D eigenvalue weighted by Gasteiger charge is -2.22. The lowest BCUT2D eigenvalue weighted by Crippen LogP contribution is -2.26. The van der Waals surface area contributed by atoms with Crippen LogP contribution >= 0.6 is 11.8 Å². The highest BCUT2D eigenvalue weighted by atomic mass is 32.2. The third kappa shape index (κ3) is 5.57. The van der Waals surface area contributed by atoms with Crippen LogP contribution in [-0.2, 0) is 0 Å². The van der Waals surface area contributed by atoms with E-state index in [1.165, 1.54) is 11.5 Å². The van der Waals surface area contributed by atoms with E-state index in [0.717, 1.165) is 25.8 Å². The van der Waals surface area contributed by atoms with Gasteiger partial charge in [0.25, 0.3) is 0 Å². The second-order valence-electron chi connectivity index (χ2n) is 5.39. The molecular weight excluding hydrogens is 286 g/mol. The van der Waals surface area contributed by atoms with Gasteiger partial charge in [0.05, 0.1) is 6.10 Å². The van der Waals surface area contributed by atoms with Gasteiger partial charge in [0.1, 0.15) is 0 Å². The quantitative estimate of drug-likeness (QED) is 0.802. The molecule has 1 aromatic rings. The lowest BCUT2D eigenvalue weighted by molar-refractivity contribution is 0.222. The van der Waals surface area contributed by atoms with Gasteiger partial charge in [0.15, 0.2) is 0 Å². The number of nitrogens with zero attached hydrogens (tertiary/aromatic N) is 3. The molecule has 0 amide bonds. The summed E-state index contributed by atoms with van der Waals surface area (Å²) in [7, 11) is 0. The minimum atomic E-state index is 0.0466. The Kier molecular flexibility index (Phi) is 6.35. The standard InChI is InChI=1S/C14H25N5OS/c1-4-7-15-12-17-13(16-11-5-8-21-9-6-11)19-14(18-12)20-10(2)3/h10-11H,4-9H2,1-3H3,(H2,15,16,17,18,19). The molecule has 7 heteroatoms. The highest BCUT2D eigenvalue weighted by Crippen LogP contribution is 2.21. The maximum atomic E-state index is 5.62. The van der Waals surface area contributed by atoms with E-state index in [1.807, 2.05) is 25.6 Å². The molecule has 0 unspecified atom stereocenters. The topological polar surface area (TPSA) is 72.0 Å². The molecule has 1 aliphatic rings. The molecule has 2 rings (SSSR count). The predicted octanol–water partition coefficient (Wildman–Crippen LogP) is 2.79. The normalized spacial score (nSPS) is 16.0. The zero-order valence-electron chi connectivity index (χ0n) is 13.1. The van der Waals surface area contributed by atoms with Crippen LogP contribution in [0, 0.1) is 0 Å². The first kappa shape index (κ1) is 16.1. The SMILES string of the molecule is CCCNc1nc(NC2CCSCC2)nc(OC(C)C)n1. The highest BCUT2D eigenvalue weighted by molar-refractivity contribution is 7.99. The number of anilines is 2. The molecule has 0 aromatic carbocycles. The summed E-state index contributed by atoms with van der Waals surface area (Å²) in [5, 5.41) is 6.62. The summed E-state index contributed by atoms with van der Waals surface area (Å²) in [6, 6.07) is 0.825. The smallest absolute Gasteiger partial charge is 0.323 e. The largest absolute Gasteiger partial charge is 0.461 e. The van der Waals surface area contributed by atoms with Crippen molar-refractivity contribution in [2.24, 2.45) is 0 Å². The van der Waals surface area contributed by atoms with Crippen molar-refractivity contribution in [2.75, 3.05) is 28.7 Å². The van der Waals surface area contributed by atoms with Crippen molar-refractivity contribution in [1.82, 2.24) is 15.0 Å². The van der Waals surface area contributed by atoms with Gasteiger partial charge in [0, 0.05) is 12.6 Å². The van der Waals surface area contributed by atoms with Crippen LogP contribution in [0.5, 0.6) is 6.01 Å². The molecule has 2 N–H and O–H groups in total. The monoisotopic (exact) mass is 311 g/mol. The van der Waals surface area contributed by atoms with Crippen LogP contribution in [0.3, 0.4) is 0 Å². The molecule has 0 bridgehead atoms. The summed E-state index contributed by atoms with van der Waals surface area (Å²) in [6.07, 6.45) is 3.36. The number of nitrogens with one attached hydrogen (secondary N) is 2. The van der Waals surface area contributed by atoms with Crippen molar-refractivity contribution in [3.63, 3.8) is 0 Å². The average Bonchev–Trinajstić information content (AvgIpc) is 2.45. The first-order valence-electron chi connectivity index (χ1n) is 7.68. The molecule has 0 radical (unpaired) electrons. The second-order valence-corrected chi connectivity index (χ2v) is 6.61. The summed E-state index contributed by atoms with van der Waals surface area (Å²) in [4.78, 5) is 13.1. The first-order chi connectivity index (χ1) is 10.2. The number of hydrogen-bond acceptors (Lipinski definition) is 7. The van der Waals surface area contributed by atoms with Crippen molar-refractivity contribution in [3.05, 3.63) is 0 Å². The molecular formula is C14H25N5OS. The fourth-order valence-electron chi connectivity index (χ4n) is 2.02. The van der Waals surface area contributed by atoms with Crippen molar-refractivity contribution in [3.8, 4) is 6.01 Å². The molecule has 2 heterocycles. The van der Waals surface area contributed by atoms with Gasteiger partial charge in [-0.1, -0.05) is 6.92 Å². The predicted molar refractivity (Wildman–Crippen MR) is 88.3 cm³/mol. The molecule has 21 heavy (non-hydrogen) atoms. The van der Waals surface area contributed by atoms with Gasteiger partial charge in [-0.05, 0) is 44.6 Å². The Balaban J connectivity index is 2.09. The maximum absolute atomic E-state index is 5.62. The Morgan fingerprint density at radius 3 is 2.57 bits per heavy atom. The van der Waals surface area contributed by atoms with Gasteiger partial charge in [-0.25, -0.2) is 0 Å². The summed E-state index contributed by atoms with van der Waals surface area (Å²) in [6.45, 7) is 6.88. The van der Waals surface area contributed by atoms with E-state index in [9.17, 15) is 0 Å². The summed E-state index contributed by atoms with van der Waals surface area (Å²) in [5.74, 6) is 3.57. The molecule has 0 spiro atoms. The summed E-state index contributed by atoms with van der Waals surface area (Å²) < 4.78 is 5.62. The Morgan fingerprint density at radius 2 is 1.90 bits per heavy atom. The van der Waals surface area contributed by atoms with Gasteiger partial charge >= 0.3 is 6.01 Å². The fourth-order valence-corrected chi connectivity index (χ4v) is 3.13. The van der Waals surface area contributed by atoms with E-state index in [-0.39, 0.29) is 6.10 Å². The Labute approximate surface area is 130 Å². The minimum absolute atomic E-state index is 0.0466. The lowest BCUT2D eigenvalue weighted by atomic mass is 10.2. The van der Waals surface area contributed by atoms with Crippen molar-refractivity contribution in [2.45, 2.75) is 52.2 Å². The number of ether oxygens (including phenoxy) is 1. The number of hydrogen-bond donors (Lipinski definition) is 2. The minimum Gasteiger partial charge on any atom is -0.461 e. The van der Waals surface area contributed by atoms with Gasteiger partial charge in [-0.2, -0.15) is 26.7 Å². The molecule has 1 saturated heterocycles. The number of rotatable bonds is 7. The van der Waals surface area contributed by atoms with E-state index in [2.05, 4.69) is 32.5 Å². The van der Waals surface area contributed by atoms with Crippen molar-refractivity contribution in [1.29, 1.82) is 0 Å². The zero-order chi connectivity index (χ0) is 15.1. The van der Waals surface area contributed by atoms with Gasteiger partial charge in [-0.15, -0.1) is 0 Å². The van der Waals surface area contributed by atoms with Gasteiger partial charge in [0.2, 0.25) is 11.9 Å². The van der Waals surface area contributed by atoms with Crippen LogP contribution in [0.25, 0.3) is 0 Å². The molecule has 6 nitrogen and oxygen atoms in total. The first-order valence-corrected chi connectivity index (χ1v) is 8.83. The number of aromatic nitrogens is 3. The molecule has 1 fully saturated rings. The van der Waals surface area contributed by atoms with Gasteiger partial charge < -0.3 is 15.4 Å². The molecule has 118 valence electrons. The third-order valence-corrected chi connectivity index (χ3v) is 4.09. The van der Waals surface area contributed by atoms with Crippen LogP contribution in [0.2, 0.25) is 0 Å². The third-order valence-electron chi connectivity index (χ3n) is 3.04. The second kappa shape index (κ2) is 8.26. The summed E-state index contributed by atoms with van der Waals surface area (Å²) in [5.41, 5.74) is 0. The Morgan fingerprint density at radius 1 is 1.19 bits per heavy atom. The van der Waals surface area contributed by atoms with E-state index in [0.29, 0.717) is 23.9 Å². The van der Waals surface area contributed by atoms with Gasteiger partial charge in [-0.3, -0.25) is 0 Å². The van der Waals surface area contributed by atoms with Crippen LogP contribution in [0.4, 0.5) is 11.9 Å². The van der Waals surface area contributed by atoms with E-state index < -0.39 is 0 Å². The van der Waals surface area contributed by atoms with Crippen LogP contribution < -0.4 is 15.4 Å². The fraction of sp³-hybridized carbons (Fsp3) is 0.786. The molecule has 0 atom stereocenters. The molecule has 0 aliphatic carbocycles. The average molecular weight is 311 g/mol. The Bertz CT molecular complexity index is 437. The summed E-state index contributed by atoms with van der Waals surface area (Å²) >= 11 is 2.00. The van der Waals surface area contributed by atoms with E-state index >= 15 is 0 Å². The van der Waals surface area contributed by atoms with Crippen molar-refractivity contribution >= 4 is 23.7 Å². The maximum Gasteiger partial charge on any atom is 0.323 e. The molecule has 1 aromatic heterocycles. The van der Waals surface area contributed by atoms with Crippen LogP contribution in [0.1, 0.15) is 40.0 Å². The highest BCUT2D eigenvalue weighted by Gasteiger charge is 2.16. The Hall–Kier alpha value is -1.24. The molecule has 0 saturated carbocycles. The van der Waals surface area contributed by atoms with Crippen LogP contribution in [0.15, 0.2) is 0 Å². The van der Waals surface area contributed by atoms with E-state index in [1.54, 1.807) is 0 Å². The van der Waals surface area contributed by atoms with Crippen molar-refractivity contribution < 1.29 is 4.74 Å². The number of thioether (sulfide) groups is 1. The molecule has 1 aliphatic heterocycles.